The summed E-state index contributed by atoms with van der Waals surface area (Å²) in [7, 11) is 5.24. The highest BCUT2D eigenvalue weighted by Gasteiger charge is 2.17. The van der Waals surface area contributed by atoms with Gasteiger partial charge in [-0.25, -0.2) is 4.98 Å². The highest BCUT2D eigenvalue weighted by atomic mass is 127. The van der Waals surface area contributed by atoms with Crippen molar-refractivity contribution >= 4 is 41.7 Å². The smallest absolute Gasteiger partial charge is 0.253 e. The minimum Gasteiger partial charge on any atom is -0.375 e. The van der Waals surface area contributed by atoms with Gasteiger partial charge in [0.05, 0.1) is 12.7 Å². The number of ether oxygens (including phenoxy) is 1. The van der Waals surface area contributed by atoms with E-state index in [1.54, 1.807) is 26.0 Å². The number of aromatic nitrogens is 1. The maximum atomic E-state index is 12.0. The van der Waals surface area contributed by atoms with Crippen molar-refractivity contribution in [3.05, 3.63) is 59.3 Å². The summed E-state index contributed by atoms with van der Waals surface area (Å²) >= 11 is 0. The quantitative estimate of drug-likeness (QED) is 0.326. The van der Waals surface area contributed by atoms with Gasteiger partial charge in [0.25, 0.3) is 5.91 Å². The Labute approximate surface area is 207 Å². The molecule has 0 aliphatic carbocycles. The van der Waals surface area contributed by atoms with Crippen molar-refractivity contribution in [2.75, 3.05) is 45.7 Å². The number of benzene rings is 1. The van der Waals surface area contributed by atoms with Crippen molar-refractivity contribution in [1.82, 2.24) is 20.5 Å². The predicted octanol–water partition coefficient (Wildman–Crippen LogP) is 2.49. The van der Waals surface area contributed by atoms with Gasteiger partial charge in [0.1, 0.15) is 5.82 Å². The summed E-state index contributed by atoms with van der Waals surface area (Å²) in [6.07, 6.45) is 2.13. The Morgan fingerprint density at radius 2 is 1.81 bits per heavy atom. The molecular formula is C23H33IN6O2. The van der Waals surface area contributed by atoms with E-state index in [4.69, 9.17) is 4.74 Å². The van der Waals surface area contributed by atoms with E-state index in [2.05, 4.69) is 44.6 Å². The number of amides is 1. The SMILES string of the molecule is CN=C(NCc1ccc(C(=O)N(C)C)cc1)NCc1ccc(N2CCOC(C)C2)nc1.I. The van der Waals surface area contributed by atoms with Crippen LogP contribution in [0.15, 0.2) is 47.6 Å². The van der Waals surface area contributed by atoms with E-state index >= 15 is 0 Å². The fraction of sp³-hybridized carbons (Fsp3) is 0.435. The first kappa shape index (κ1) is 25.9. The van der Waals surface area contributed by atoms with Crippen LogP contribution in [0.2, 0.25) is 0 Å². The van der Waals surface area contributed by atoms with E-state index in [-0.39, 0.29) is 36.0 Å². The fourth-order valence-corrected chi connectivity index (χ4v) is 3.35. The molecule has 1 amide bonds. The Hall–Kier alpha value is -2.40. The molecule has 1 atom stereocenters. The predicted molar refractivity (Wildman–Crippen MR) is 139 cm³/mol. The molecule has 174 valence electrons. The maximum absolute atomic E-state index is 12.0. The third-order valence-corrected chi connectivity index (χ3v) is 5.12. The van der Waals surface area contributed by atoms with Crippen molar-refractivity contribution in [2.45, 2.75) is 26.1 Å². The van der Waals surface area contributed by atoms with Crippen molar-refractivity contribution in [3.8, 4) is 0 Å². The van der Waals surface area contributed by atoms with Gasteiger partial charge in [0.2, 0.25) is 0 Å². The number of hydrogen-bond acceptors (Lipinski definition) is 5. The Kier molecular flexibility index (Phi) is 10.2. The van der Waals surface area contributed by atoms with Crippen LogP contribution < -0.4 is 15.5 Å². The van der Waals surface area contributed by atoms with Crippen molar-refractivity contribution < 1.29 is 9.53 Å². The Morgan fingerprint density at radius 1 is 1.16 bits per heavy atom. The monoisotopic (exact) mass is 552 g/mol. The van der Waals surface area contributed by atoms with E-state index in [0.717, 1.165) is 36.6 Å². The zero-order chi connectivity index (χ0) is 22.2. The average Bonchev–Trinajstić information content (AvgIpc) is 2.79. The Morgan fingerprint density at radius 3 is 2.38 bits per heavy atom. The van der Waals surface area contributed by atoms with Gasteiger partial charge in [-0.15, -0.1) is 24.0 Å². The normalized spacial score (nSPS) is 16.2. The van der Waals surface area contributed by atoms with Crippen LogP contribution in [0.25, 0.3) is 0 Å². The first-order valence-corrected chi connectivity index (χ1v) is 10.5. The van der Waals surface area contributed by atoms with Crippen LogP contribution in [-0.2, 0) is 17.8 Å². The number of carbonyl (C=O) groups excluding carboxylic acids is 1. The van der Waals surface area contributed by atoms with Crippen LogP contribution in [0.4, 0.5) is 5.82 Å². The van der Waals surface area contributed by atoms with E-state index < -0.39 is 0 Å². The number of halogens is 1. The standard InChI is InChI=1S/C23H32N6O2.HI/c1-17-16-29(11-12-31-17)21-10-7-19(14-25-21)15-27-23(24-2)26-13-18-5-8-20(9-6-18)22(30)28(3)4;/h5-10,14,17H,11-13,15-16H2,1-4H3,(H2,24,26,27);1H. The van der Waals surface area contributed by atoms with Gasteiger partial charge < -0.3 is 25.2 Å². The number of nitrogens with one attached hydrogen (secondary N) is 2. The summed E-state index contributed by atoms with van der Waals surface area (Å²) in [6, 6.07) is 11.7. The highest BCUT2D eigenvalue weighted by Crippen LogP contribution is 2.15. The van der Waals surface area contributed by atoms with Crippen molar-refractivity contribution in [2.24, 2.45) is 4.99 Å². The second-order valence-electron chi connectivity index (χ2n) is 7.83. The molecule has 1 unspecified atom stereocenters. The van der Waals surface area contributed by atoms with Gasteiger partial charge in [0.15, 0.2) is 5.96 Å². The molecule has 1 aliphatic heterocycles. The largest absolute Gasteiger partial charge is 0.375 e. The summed E-state index contributed by atoms with van der Waals surface area (Å²) < 4.78 is 5.59. The number of anilines is 1. The topological polar surface area (TPSA) is 82.1 Å². The summed E-state index contributed by atoms with van der Waals surface area (Å²) in [5, 5.41) is 6.61. The molecule has 0 radical (unpaired) electrons. The van der Waals surface area contributed by atoms with Gasteiger partial charge in [-0.2, -0.15) is 0 Å². The molecule has 1 aromatic carbocycles. The molecular weight excluding hydrogens is 519 g/mol. The number of morpholine rings is 1. The lowest BCUT2D eigenvalue weighted by Crippen LogP contribution is -2.41. The van der Waals surface area contributed by atoms with E-state index in [0.29, 0.717) is 24.6 Å². The van der Waals surface area contributed by atoms with Crippen LogP contribution in [0.5, 0.6) is 0 Å². The number of rotatable bonds is 6. The molecule has 2 N–H and O–H groups in total. The van der Waals surface area contributed by atoms with Crippen LogP contribution in [0, 0.1) is 0 Å². The molecule has 1 aliphatic rings. The second-order valence-corrected chi connectivity index (χ2v) is 7.83. The molecule has 9 heteroatoms. The fourth-order valence-electron chi connectivity index (χ4n) is 3.35. The molecule has 0 bridgehead atoms. The van der Waals surface area contributed by atoms with E-state index in [9.17, 15) is 4.79 Å². The number of pyridine rings is 1. The first-order chi connectivity index (χ1) is 15.0. The van der Waals surface area contributed by atoms with Crippen molar-refractivity contribution in [3.63, 3.8) is 0 Å². The van der Waals surface area contributed by atoms with E-state index in [1.165, 1.54) is 0 Å². The molecule has 2 heterocycles. The van der Waals surface area contributed by atoms with Gasteiger partial charge in [-0.3, -0.25) is 9.79 Å². The lowest BCUT2D eigenvalue weighted by Gasteiger charge is -2.32. The van der Waals surface area contributed by atoms with Crippen LogP contribution >= 0.6 is 24.0 Å². The first-order valence-electron chi connectivity index (χ1n) is 10.5. The Balaban J connectivity index is 0.00000363. The number of carbonyl (C=O) groups is 1. The Bertz CT molecular complexity index is 886. The maximum Gasteiger partial charge on any atom is 0.253 e. The molecule has 1 saturated heterocycles. The number of nitrogens with zero attached hydrogens (tertiary/aromatic N) is 4. The number of aliphatic imine (C=N–C) groups is 1. The van der Waals surface area contributed by atoms with Gasteiger partial charge in [-0.05, 0) is 36.2 Å². The lowest BCUT2D eigenvalue weighted by atomic mass is 10.1. The minimum absolute atomic E-state index is 0. The van der Waals surface area contributed by atoms with E-state index in [1.807, 2.05) is 30.5 Å². The highest BCUT2D eigenvalue weighted by molar-refractivity contribution is 14.0. The molecule has 0 spiro atoms. The average molecular weight is 552 g/mol. The molecule has 8 nitrogen and oxygen atoms in total. The van der Waals surface area contributed by atoms with Crippen LogP contribution in [0.1, 0.15) is 28.4 Å². The molecule has 1 fully saturated rings. The summed E-state index contributed by atoms with van der Waals surface area (Å²) in [5.41, 5.74) is 2.84. The van der Waals surface area contributed by atoms with Crippen LogP contribution in [-0.4, -0.2) is 68.7 Å². The lowest BCUT2D eigenvalue weighted by molar-refractivity contribution is 0.0529. The minimum atomic E-state index is -0.000236. The molecule has 3 rings (SSSR count). The summed E-state index contributed by atoms with van der Waals surface area (Å²) in [4.78, 5) is 24.7. The van der Waals surface area contributed by atoms with Crippen LogP contribution in [0.3, 0.4) is 0 Å². The van der Waals surface area contributed by atoms with Gasteiger partial charge in [-0.1, -0.05) is 18.2 Å². The summed E-state index contributed by atoms with van der Waals surface area (Å²) in [6.45, 7) is 5.80. The molecule has 1 aromatic heterocycles. The van der Waals surface area contributed by atoms with Crippen molar-refractivity contribution in [1.29, 1.82) is 0 Å². The third kappa shape index (κ3) is 7.33. The third-order valence-electron chi connectivity index (χ3n) is 5.12. The zero-order valence-corrected chi connectivity index (χ0v) is 21.5. The second kappa shape index (κ2) is 12.6. The van der Waals surface area contributed by atoms with Gasteiger partial charge >= 0.3 is 0 Å². The molecule has 0 saturated carbocycles. The number of guanidine groups is 1. The zero-order valence-electron chi connectivity index (χ0n) is 19.2. The molecule has 32 heavy (non-hydrogen) atoms. The van der Waals surface area contributed by atoms with Gasteiger partial charge in [0, 0.05) is 59.1 Å². The number of hydrogen-bond donors (Lipinski definition) is 2. The summed E-state index contributed by atoms with van der Waals surface area (Å²) in [5.74, 6) is 1.69. The molecule has 2 aromatic rings.